The van der Waals surface area contributed by atoms with Crippen molar-refractivity contribution in [1.82, 2.24) is 4.90 Å². The number of hydrogen-bond donors (Lipinski definition) is 1. The van der Waals surface area contributed by atoms with Crippen LogP contribution >= 0.6 is 0 Å². The summed E-state index contributed by atoms with van der Waals surface area (Å²) >= 11 is 0. The van der Waals surface area contributed by atoms with E-state index in [1.807, 2.05) is 102 Å². The lowest BCUT2D eigenvalue weighted by atomic mass is 9.77. The van der Waals surface area contributed by atoms with E-state index < -0.39 is 24.2 Å². The molecule has 0 saturated carbocycles. The Morgan fingerprint density at radius 1 is 0.946 bits per heavy atom. The van der Waals surface area contributed by atoms with Crippen LogP contribution in [-0.2, 0) is 20.6 Å². The predicted octanol–water partition coefficient (Wildman–Crippen LogP) is 4.90. The van der Waals surface area contributed by atoms with Crippen molar-refractivity contribution in [2.24, 2.45) is 4.99 Å². The van der Waals surface area contributed by atoms with Gasteiger partial charge in [0.25, 0.3) is 0 Å². The first-order valence-corrected chi connectivity index (χ1v) is 12.7. The quantitative estimate of drug-likeness (QED) is 0.390. The van der Waals surface area contributed by atoms with Crippen molar-refractivity contribution in [3.63, 3.8) is 0 Å². The van der Waals surface area contributed by atoms with Crippen molar-refractivity contribution in [2.45, 2.75) is 51.4 Å². The summed E-state index contributed by atoms with van der Waals surface area (Å²) in [6.07, 6.45) is 0. The molecule has 2 aliphatic heterocycles. The number of hydrogen-bond acceptors (Lipinski definition) is 5. The Morgan fingerprint density at radius 2 is 1.59 bits per heavy atom. The number of anilines is 1. The van der Waals surface area contributed by atoms with Crippen LogP contribution in [0.4, 0.5) is 11.4 Å². The lowest BCUT2D eigenvalue weighted by molar-refractivity contribution is -0.115. The summed E-state index contributed by atoms with van der Waals surface area (Å²) in [5.41, 5.74) is 5.36. The van der Waals surface area contributed by atoms with E-state index in [0.717, 1.165) is 40.2 Å². The Kier molecular flexibility index (Phi) is 6.56. The van der Waals surface area contributed by atoms with Crippen LogP contribution in [0, 0.1) is 0 Å². The van der Waals surface area contributed by atoms with Crippen LogP contribution in [0.5, 0.6) is 0 Å². The highest BCUT2D eigenvalue weighted by Crippen LogP contribution is 2.39. The standard InChI is InChI=1S/C30H34BN3O3/c1-29(2)30(3,4)37-31(36-29)22-14-17-24-25(18-22)33-28(35)26(24)27(21-10-8-7-9-11-21)32-23-15-12-20(13-16-23)19-34(5)6/h7-18,26H,19H2,1-6H3,(H,33,35). The molecule has 7 heteroatoms. The molecule has 3 aromatic rings. The van der Waals surface area contributed by atoms with Gasteiger partial charge in [0, 0.05) is 12.2 Å². The molecule has 1 amide bonds. The van der Waals surface area contributed by atoms with Gasteiger partial charge in [-0.1, -0.05) is 54.6 Å². The van der Waals surface area contributed by atoms with Crippen molar-refractivity contribution in [3.05, 3.63) is 89.5 Å². The van der Waals surface area contributed by atoms with Gasteiger partial charge < -0.3 is 19.5 Å². The molecule has 1 fully saturated rings. The van der Waals surface area contributed by atoms with Crippen LogP contribution in [0.1, 0.15) is 50.3 Å². The fraction of sp³-hybridized carbons (Fsp3) is 0.333. The van der Waals surface area contributed by atoms with Gasteiger partial charge >= 0.3 is 7.12 Å². The Morgan fingerprint density at radius 3 is 2.22 bits per heavy atom. The second-order valence-corrected chi connectivity index (χ2v) is 11.1. The van der Waals surface area contributed by atoms with E-state index in [0.29, 0.717) is 0 Å². The molecule has 1 unspecified atom stereocenters. The largest absolute Gasteiger partial charge is 0.494 e. The Bertz CT molecular complexity index is 1320. The first kappa shape index (κ1) is 25.4. The van der Waals surface area contributed by atoms with Gasteiger partial charge in [-0.15, -0.1) is 0 Å². The molecule has 190 valence electrons. The van der Waals surface area contributed by atoms with Crippen LogP contribution in [0.2, 0.25) is 0 Å². The second-order valence-electron chi connectivity index (χ2n) is 11.1. The normalized spacial score (nSPS) is 20.3. The molecule has 0 aromatic heterocycles. The smallest absolute Gasteiger partial charge is 0.399 e. The molecule has 0 radical (unpaired) electrons. The van der Waals surface area contributed by atoms with E-state index in [9.17, 15) is 4.79 Å². The minimum absolute atomic E-state index is 0.0899. The number of carbonyl (C=O) groups excluding carboxylic acids is 1. The Balaban J connectivity index is 1.51. The molecule has 0 bridgehead atoms. The van der Waals surface area contributed by atoms with Gasteiger partial charge in [0.15, 0.2) is 0 Å². The highest BCUT2D eigenvalue weighted by Gasteiger charge is 2.52. The van der Waals surface area contributed by atoms with Crippen molar-refractivity contribution < 1.29 is 14.1 Å². The van der Waals surface area contributed by atoms with Crippen LogP contribution in [0.25, 0.3) is 0 Å². The maximum Gasteiger partial charge on any atom is 0.494 e. The highest BCUT2D eigenvalue weighted by atomic mass is 16.7. The van der Waals surface area contributed by atoms with Crippen LogP contribution in [-0.4, -0.2) is 48.9 Å². The van der Waals surface area contributed by atoms with Gasteiger partial charge in [-0.05, 0) is 82.1 Å². The molecule has 0 aliphatic carbocycles. The minimum atomic E-state index is -0.522. The summed E-state index contributed by atoms with van der Waals surface area (Å²) < 4.78 is 12.5. The third kappa shape index (κ3) is 4.99. The first-order chi connectivity index (χ1) is 17.5. The summed E-state index contributed by atoms with van der Waals surface area (Å²) in [5, 5.41) is 3.08. The Labute approximate surface area is 219 Å². The number of carbonyl (C=O) groups is 1. The molecule has 1 saturated heterocycles. The van der Waals surface area contributed by atoms with Crippen molar-refractivity contribution in [1.29, 1.82) is 0 Å². The zero-order valence-corrected chi connectivity index (χ0v) is 22.4. The van der Waals surface area contributed by atoms with Gasteiger partial charge in [0.1, 0.15) is 5.92 Å². The topological polar surface area (TPSA) is 63.2 Å². The first-order valence-electron chi connectivity index (χ1n) is 12.7. The van der Waals surface area contributed by atoms with Gasteiger partial charge in [0.05, 0.1) is 22.6 Å². The zero-order chi connectivity index (χ0) is 26.4. The summed E-state index contributed by atoms with van der Waals surface area (Å²) in [7, 11) is 3.61. The molecule has 0 spiro atoms. The third-order valence-electron chi connectivity index (χ3n) is 7.46. The van der Waals surface area contributed by atoms with Gasteiger partial charge in [-0.25, -0.2) is 0 Å². The van der Waals surface area contributed by atoms with Crippen LogP contribution in [0.3, 0.4) is 0 Å². The van der Waals surface area contributed by atoms with E-state index in [1.165, 1.54) is 5.56 Å². The van der Waals surface area contributed by atoms with Crippen LogP contribution < -0.4 is 10.8 Å². The van der Waals surface area contributed by atoms with E-state index in [1.54, 1.807) is 0 Å². The lowest BCUT2D eigenvalue weighted by Crippen LogP contribution is -2.41. The van der Waals surface area contributed by atoms with Gasteiger partial charge in [0.2, 0.25) is 5.91 Å². The SMILES string of the molecule is CN(C)Cc1ccc(N=C(c2ccccc2)C2C(=O)Nc3cc(B4OC(C)(C)C(C)(C)O4)ccc32)cc1. The zero-order valence-electron chi connectivity index (χ0n) is 22.4. The van der Waals surface area contributed by atoms with E-state index in [2.05, 4.69) is 22.3 Å². The van der Waals surface area contributed by atoms with Crippen LogP contribution in [0.15, 0.2) is 77.8 Å². The predicted molar refractivity (Wildman–Crippen MR) is 150 cm³/mol. The number of benzene rings is 3. The molecule has 2 heterocycles. The van der Waals surface area contributed by atoms with Crippen molar-refractivity contribution in [2.75, 3.05) is 19.4 Å². The average molecular weight is 495 g/mol. The number of nitrogens with zero attached hydrogens (tertiary/aromatic N) is 2. The molecule has 37 heavy (non-hydrogen) atoms. The van der Waals surface area contributed by atoms with E-state index in [-0.39, 0.29) is 5.91 Å². The minimum Gasteiger partial charge on any atom is -0.399 e. The number of nitrogens with one attached hydrogen (secondary N) is 1. The Hall–Kier alpha value is -3.26. The third-order valence-corrected chi connectivity index (χ3v) is 7.46. The molecular weight excluding hydrogens is 461 g/mol. The average Bonchev–Trinajstić information content (AvgIpc) is 3.28. The molecular formula is C30H34BN3O3. The summed E-state index contributed by atoms with van der Waals surface area (Å²) in [4.78, 5) is 20.5. The number of rotatable bonds is 6. The molecule has 3 aromatic carbocycles. The maximum atomic E-state index is 13.4. The highest BCUT2D eigenvalue weighted by molar-refractivity contribution is 6.62. The van der Waals surface area contributed by atoms with Gasteiger partial charge in [-0.2, -0.15) is 0 Å². The lowest BCUT2D eigenvalue weighted by Gasteiger charge is -2.32. The molecule has 1 N–H and O–H groups in total. The van der Waals surface area contributed by atoms with E-state index >= 15 is 0 Å². The maximum absolute atomic E-state index is 13.4. The summed E-state index contributed by atoms with van der Waals surface area (Å²) in [5.74, 6) is -0.612. The summed E-state index contributed by atoms with van der Waals surface area (Å²) in [6, 6.07) is 24.1. The number of aliphatic imine (C=N–C) groups is 1. The molecule has 5 rings (SSSR count). The van der Waals surface area contributed by atoms with Gasteiger partial charge in [-0.3, -0.25) is 9.79 Å². The molecule has 2 aliphatic rings. The second kappa shape index (κ2) is 9.56. The molecule has 6 nitrogen and oxygen atoms in total. The van der Waals surface area contributed by atoms with E-state index in [4.69, 9.17) is 14.3 Å². The van der Waals surface area contributed by atoms with Crippen molar-refractivity contribution >= 4 is 35.6 Å². The molecule has 1 atom stereocenters. The monoisotopic (exact) mass is 495 g/mol. The fourth-order valence-electron chi connectivity index (χ4n) is 4.76. The number of fused-ring (bicyclic) bond motifs is 1. The fourth-order valence-corrected chi connectivity index (χ4v) is 4.76. The summed E-state index contributed by atoms with van der Waals surface area (Å²) in [6.45, 7) is 9.00. The van der Waals surface area contributed by atoms with Crippen molar-refractivity contribution in [3.8, 4) is 0 Å². The number of amides is 1.